The Morgan fingerprint density at radius 3 is 1.74 bits per heavy atom. The Bertz CT molecular complexity index is 410. The average Bonchev–Trinajstić information content (AvgIpc) is 3.26. The first kappa shape index (κ1) is 13.1. The summed E-state index contributed by atoms with van der Waals surface area (Å²) in [7, 11) is 0. The first-order valence-corrected chi connectivity index (χ1v) is 8.34. The first-order chi connectivity index (χ1) is 9.34. The van der Waals surface area contributed by atoms with Crippen molar-refractivity contribution in [2.75, 3.05) is 0 Å². The van der Waals surface area contributed by atoms with E-state index in [0.29, 0.717) is 10.8 Å². The molecule has 0 amide bonds. The van der Waals surface area contributed by atoms with Crippen molar-refractivity contribution in [1.29, 1.82) is 0 Å². The molecule has 3 saturated carbocycles. The average molecular weight is 254 g/mol. The van der Waals surface area contributed by atoms with Gasteiger partial charge in [-0.25, -0.2) is 0 Å². The van der Waals surface area contributed by atoms with Crippen LogP contribution in [0.1, 0.15) is 71.6 Å². The van der Waals surface area contributed by atoms with Gasteiger partial charge in [0.1, 0.15) is 0 Å². The van der Waals surface area contributed by atoms with E-state index >= 15 is 0 Å². The Hall–Kier alpha value is -0.880. The standard InChI is InChI=1S/C19H26/c1-3-5-7-9-14-18-16-12-11-13-17(18)19(16,18)15-10-8-6-4-2/h16-17H,3-8,11-13H2,1-2H3. The summed E-state index contributed by atoms with van der Waals surface area (Å²) in [6.45, 7) is 4.49. The first-order valence-electron chi connectivity index (χ1n) is 8.34. The van der Waals surface area contributed by atoms with Crippen LogP contribution in [0, 0.1) is 46.3 Å². The zero-order valence-electron chi connectivity index (χ0n) is 12.5. The molecule has 3 aliphatic rings. The minimum Gasteiger partial charge on any atom is -0.103 e. The third-order valence-electron chi connectivity index (χ3n) is 5.60. The second-order valence-corrected chi connectivity index (χ2v) is 6.58. The third kappa shape index (κ3) is 1.69. The number of hydrogen-bond donors (Lipinski definition) is 0. The quantitative estimate of drug-likeness (QED) is 0.500. The Morgan fingerprint density at radius 2 is 1.32 bits per heavy atom. The summed E-state index contributed by atoms with van der Waals surface area (Å²) in [5.41, 5.74) is 0.774. The minimum atomic E-state index is 0.387. The smallest absolute Gasteiger partial charge is 0.0572 e. The van der Waals surface area contributed by atoms with E-state index in [4.69, 9.17) is 0 Å². The molecule has 19 heavy (non-hydrogen) atoms. The lowest BCUT2D eigenvalue weighted by Gasteiger charge is -2.23. The van der Waals surface area contributed by atoms with Crippen molar-refractivity contribution >= 4 is 0 Å². The Kier molecular flexibility index (Phi) is 3.39. The minimum absolute atomic E-state index is 0.387. The van der Waals surface area contributed by atoms with E-state index in [1.165, 1.54) is 44.9 Å². The molecular weight excluding hydrogens is 228 g/mol. The van der Waals surface area contributed by atoms with Crippen LogP contribution in [0.5, 0.6) is 0 Å². The van der Waals surface area contributed by atoms with Gasteiger partial charge in [-0.2, -0.15) is 0 Å². The highest BCUT2D eigenvalue weighted by Crippen LogP contribution is 2.97. The second-order valence-electron chi connectivity index (χ2n) is 6.58. The molecule has 0 saturated heterocycles. The Morgan fingerprint density at radius 1 is 0.842 bits per heavy atom. The molecule has 0 heterocycles. The van der Waals surface area contributed by atoms with Crippen LogP contribution in [0.15, 0.2) is 0 Å². The van der Waals surface area contributed by atoms with Crippen molar-refractivity contribution in [3.05, 3.63) is 0 Å². The number of fused-ring (bicyclic) bond motifs is 2. The fourth-order valence-corrected chi connectivity index (χ4v) is 4.53. The maximum Gasteiger partial charge on any atom is 0.0572 e. The summed E-state index contributed by atoms with van der Waals surface area (Å²) in [6, 6.07) is 0. The lowest BCUT2D eigenvalue weighted by Crippen LogP contribution is -2.18. The van der Waals surface area contributed by atoms with Gasteiger partial charge in [0.15, 0.2) is 0 Å². The molecular formula is C19H26. The largest absolute Gasteiger partial charge is 0.103 e. The molecule has 0 aromatic rings. The van der Waals surface area contributed by atoms with Crippen LogP contribution in [-0.2, 0) is 0 Å². The summed E-state index contributed by atoms with van der Waals surface area (Å²) in [4.78, 5) is 0. The third-order valence-corrected chi connectivity index (χ3v) is 5.60. The van der Waals surface area contributed by atoms with Crippen molar-refractivity contribution in [1.82, 2.24) is 0 Å². The van der Waals surface area contributed by atoms with E-state index in [1.54, 1.807) is 0 Å². The maximum absolute atomic E-state index is 3.67. The van der Waals surface area contributed by atoms with Crippen molar-refractivity contribution in [2.24, 2.45) is 22.7 Å². The normalized spacial score (nSPS) is 40.3. The van der Waals surface area contributed by atoms with Crippen molar-refractivity contribution in [3.63, 3.8) is 0 Å². The lowest BCUT2D eigenvalue weighted by molar-refractivity contribution is 0.282. The Labute approximate surface area is 118 Å². The van der Waals surface area contributed by atoms with Crippen LogP contribution in [0.25, 0.3) is 0 Å². The molecule has 0 aromatic heterocycles. The molecule has 0 heteroatoms. The van der Waals surface area contributed by atoms with Crippen molar-refractivity contribution in [3.8, 4) is 23.7 Å². The van der Waals surface area contributed by atoms with Gasteiger partial charge >= 0.3 is 0 Å². The highest BCUT2D eigenvalue weighted by atomic mass is 15.0. The molecule has 0 aliphatic heterocycles. The zero-order chi connectivity index (χ0) is 13.3. The summed E-state index contributed by atoms with van der Waals surface area (Å²) in [6.07, 6.45) is 11.4. The van der Waals surface area contributed by atoms with Gasteiger partial charge < -0.3 is 0 Å². The van der Waals surface area contributed by atoms with Gasteiger partial charge in [0.2, 0.25) is 0 Å². The van der Waals surface area contributed by atoms with E-state index in [2.05, 4.69) is 37.5 Å². The fourth-order valence-electron chi connectivity index (χ4n) is 4.53. The van der Waals surface area contributed by atoms with Crippen LogP contribution >= 0.6 is 0 Å². The van der Waals surface area contributed by atoms with Gasteiger partial charge in [0.05, 0.1) is 10.8 Å². The molecule has 0 spiro atoms. The van der Waals surface area contributed by atoms with E-state index in [1.807, 2.05) is 0 Å². The number of rotatable bonds is 4. The van der Waals surface area contributed by atoms with Crippen molar-refractivity contribution < 1.29 is 0 Å². The molecule has 0 radical (unpaired) electrons. The summed E-state index contributed by atoms with van der Waals surface area (Å²) < 4.78 is 0. The van der Waals surface area contributed by atoms with Gasteiger partial charge in [-0.05, 0) is 37.5 Å². The van der Waals surface area contributed by atoms with E-state index in [9.17, 15) is 0 Å². The molecule has 0 unspecified atom stereocenters. The van der Waals surface area contributed by atoms with Crippen LogP contribution < -0.4 is 0 Å². The molecule has 0 N–H and O–H groups in total. The lowest BCUT2D eigenvalue weighted by atomic mass is 9.79. The molecule has 102 valence electrons. The van der Waals surface area contributed by atoms with E-state index in [-0.39, 0.29) is 0 Å². The molecule has 3 rings (SSSR count). The number of hydrogen-bond acceptors (Lipinski definition) is 0. The second kappa shape index (κ2) is 4.90. The van der Waals surface area contributed by atoms with E-state index < -0.39 is 0 Å². The van der Waals surface area contributed by atoms with Crippen LogP contribution in [0.4, 0.5) is 0 Å². The van der Waals surface area contributed by atoms with Crippen LogP contribution in [0.2, 0.25) is 0 Å². The molecule has 0 bridgehead atoms. The summed E-state index contributed by atoms with van der Waals surface area (Å²) in [5, 5.41) is 0. The fraction of sp³-hybridized carbons (Fsp3) is 0.789. The van der Waals surface area contributed by atoms with Gasteiger partial charge in [-0.15, -0.1) is 11.8 Å². The van der Waals surface area contributed by atoms with Crippen molar-refractivity contribution in [2.45, 2.75) is 71.6 Å². The monoisotopic (exact) mass is 254 g/mol. The topological polar surface area (TPSA) is 0 Å². The molecule has 0 atom stereocenters. The molecule has 3 fully saturated rings. The highest BCUT2D eigenvalue weighted by molar-refractivity contribution is 5.59. The molecule has 3 aliphatic carbocycles. The maximum atomic E-state index is 3.67. The predicted molar refractivity (Wildman–Crippen MR) is 80.3 cm³/mol. The van der Waals surface area contributed by atoms with Crippen LogP contribution in [0.3, 0.4) is 0 Å². The van der Waals surface area contributed by atoms with Gasteiger partial charge in [0.25, 0.3) is 0 Å². The molecule has 0 nitrogen and oxygen atoms in total. The van der Waals surface area contributed by atoms with E-state index in [0.717, 1.165) is 24.7 Å². The predicted octanol–water partition coefficient (Wildman–Crippen LogP) is 4.79. The molecule has 0 aromatic carbocycles. The SMILES string of the molecule is CCCCC#CC12C3CCCC1C32C#CCCCC. The zero-order valence-corrected chi connectivity index (χ0v) is 12.5. The van der Waals surface area contributed by atoms with Gasteiger partial charge in [0, 0.05) is 12.8 Å². The summed E-state index contributed by atoms with van der Waals surface area (Å²) in [5.74, 6) is 16.0. The Balaban J connectivity index is 1.66. The van der Waals surface area contributed by atoms with Crippen LogP contribution in [-0.4, -0.2) is 0 Å². The summed E-state index contributed by atoms with van der Waals surface area (Å²) >= 11 is 0. The highest BCUT2D eigenvalue weighted by Gasteiger charge is 2.97. The van der Waals surface area contributed by atoms with Gasteiger partial charge in [-0.1, -0.05) is 45.0 Å². The van der Waals surface area contributed by atoms with Gasteiger partial charge in [-0.3, -0.25) is 0 Å². The number of unbranched alkanes of at least 4 members (excludes halogenated alkanes) is 4.